The van der Waals surface area contributed by atoms with Gasteiger partial charge < -0.3 is 14.6 Å². The van der Waals surface area contributed by atoms with Gasteiger partial charge in [-0.25, -0.2) is 23.7 Å². The largest absolute Gasteiger partial charge is 0.444 e. The quantitative estimate of drug-likeness (QED) is 0.440. The van der Waals surface area contributed by atoms with Crippen molar-refractivity contribution < 1.29 is 13.9 Å². The summed E-state index contributed by atoms with van der Waals surface area (Å²) in [5, 5.41) is 4.97. The number of carbonyl (C=O) groups is 1. The molecule has 5 heterocycles. The molecule has 1 aliphatic heterocycles. The van der Waals surface area contributed by atoms with E-state index in [-0.39, 0.29) is 12.1 Å². The first kappa shape index (κ1) is 23.4. The molecule has 2 atom stereocenters. The SMILES string of the molecule is Cc1cn2nc(-c3nc4sc(C5CCN(C(=O)OC(C)(C)C)CC5F)cc4c(=O)[nH]3)cc(C)c2n1. The van der Waals surface area contributed by atoms with Gasteiger partial charge in [0.15, 0.2) is 11.5 Å². The van der Waals surface area contributed by atoms with Gasteiger partial charge in [-0.15, -0.1) is 11.3 Å². The molecule has 184 valence electrons. The van der Waals surface area contributed by atoms with E-state index in [0.717, 1.165) is 21.8 Å². The zero-order valence-electron chi connectivity index (χ0n) is 20.3. The predicted molar refractivity (Wildman–Crippen MR) is 132 cm³/mol. The minimum Gasteiger partial charge on any atom is -0.444 e. The van der Waals surface area contributed by atoms with Crippen molar-refractivity contribution >= 4 is 33.3 Å². The summed E-state index contributed by atoms with van der Waals surface area (Å²) in [6.07, 6.45) is 0.483. The highest BCUT2D eigenvalue weighted by atomic mass is 32.1. The summed E-state index contributed by atoms with van der Waals surface area (Å²) in [5.74, 6) is -0.0647. The number of nitrogens with zero attached hydrogens (tertiary/aromatic N) is 5. The molecule has 1 saturated heterocycles. The van der Waals surface area contributed by atoms with Crippen LogP contribution in [0.3, 0.4) is 0 Å². The lowest BCUT2D eigenvalue weighted by Gasteiger charge is -2.35. The molecule has 0 bridgehead atoms. The minimum absolute atomic E-state index is 0.0452. The zero-order valence-corrected chi connectivity index (χ0v) is 21.1. The average molecular weight is 499 g/mol. The van der Waals surface area contributed by atoms with Crippen molar-refractivity contribution in [2.75, 3.05) is 13.1 Å². The number of aromatic amines is 1. The number of hydrogen-bond acceptors (Lipinski definition) is 7. The average Bonchev–Trinajstić information content (AvgIpc) is 3.35. The summed E-state index contributed by atoms with van der Waals surface area (Å²) in [7, 11) is 0. The number of aryl methyl sites for hydroxylation is 2. The van der Waals surface area contributed by atoms with Crippen molar-refractivity contribution in [2.45, 2.75) is 58.7 Å². The van der Waals surface area contributed by atoms with Gasteiger partial charge in [-0.05, 0) is 58.7 Å². The summed E-state index contributed by atoms with van der Waals surface area (Å²) in [6, 6.07) is 3.56. The highest BCUT2D eigenvalue weighted by Gasteiger charge is 2.35. The Bertz CT molecular complexity index is 1500. The van der Waals surface area contributed by atoms with E-state index in [1.165, 1.54) is 16.2 Å². The van der Waals surface area contributed by atoms with Gasteiger partial charge in [-0.2, -0.15) is 5.10 Å². The van der Waals surface area contributed by atoms with E-state index in [1.54, 1.807) is 31.4 Å². The maximum Gasteiger partial charge on any atom is 0.410 e. The fourth-order valence-corrected chi connectivity index (χ4v) is 5.55. The summed E-state index contributed by atoms with van der Waals surface area (Å²) >= 11 is 1.31. The molecule has 1 fully saturated rings. The second kappa shape index (κ2) is 8.40. The number of H-pyrrole nitrogens is 1. The number of halogens is 1. The Morgan fingerprint density at radius 1 is 1.26 bits per heavy atom. The lowest BCUT2D eigenvalue weighted by atomic mass is 9.93. The smallest absolute Gasteiger partial charge is 0.410 e. The first-order chi connectivity index (χ1) is 16.5. The Kier molecular flexibility index (Phi) is 5.62. The third-order valence-electron chi connectivity index (χ3n) is 5.95. The number of alkyl halides is 1. The number of ether oxygens (including phenoxy) is 1. The van der Waals surface area contributed by atoms with Crippen LogP contribution in [0.1, 0.15) is 49.2 Å². The van der Waals surface area contributed by atoms with Gasteiger partial charge in [0.1, 0.15) is 22.3 Å². The molecule has 0 aromatic carbocycles. The third-order valence-corrected chi connectivity index (χ3v) is 7.11. The molecular weight excluding hydrogens is 471 g/mol. The van der Waals surface area contributed by atoms with E-state index in [9.17, 15) is 9.59 Å². The maximum absolute atomic E-state index is 15.2. The molecule has 2 unspecified atom stereocenters. The predicted octanol–water partition coefficient (Wildman–Crippen LogP) is 4.37. The second-order valence-corrected chi connectivity index (χ2v) is 11.0. The van der Waals surface area contributed by atoms with Crippen LogP contribution in [0.15, 0.2) is 23.1 Å². The lowest BCUT2D eigenvalue weighted by molar-refractivity contribution is 0.0113. The van der Waals surface area contributed by atoms with E-state index < -0.39 is 23.8 Å². The van der Waals surface area contributed by atoms with Crippen LogP contribution in [0, 0.1) is 13.8 Å². The molecule has 1 amide bonds. The van der Waals surface area contributed by atoms with Crippen molar-refractivity contribution in [3.8, 4) is 11.5 Å². The molecular formula is C24H27FN6O3S. The van der Waals surface area contributed by atoms with Crippen LogP contribution in [-0.4, -0.2) is 60.4 Å². The Balaban J connectivity index is 1.42. The highest BCUT2D eigenvalue weighted by molar-refractivity contribution is 7.18. The van der Waals surface area contributed by atoms with Crippen molar-refractivity contribution in [3.63, 3.8) is 0 Å². The van der Waals surface area contributed by atoms with Gasteiger partial charge in [0.05, 0.1) is 23.8 Å². The molecule has 9 nitrogen and oxygen atoms in total. The van der Waals surface area contributed by atoms with Crippen LogP contribution in [0.2, 0.25) is 0 Å². The molecule has 1 N–H and O–H groups in total. The third kappa shape index (κ3) is 4.52. The molecule has 4 aromatic heterocycles. The first-order valence-corrected chi connectivity index (χ1v) is 12.3. The van der Waals surface area contributed by atoms with E-state index in [2.05, 4.69) is 20.1 Å². The molecule has 0 spiro atoms. The van der Waals surface area contributed by atoms with Gasteiger partial charge in [0.2, 0.25) is 0 Å². The van der Waals surface area contributed by atoms with Crippen molar-refractivity contribution in [2.24, 2.45) is 0 Å². The summed E-state index contributed by atoms with van der Waals surface area (Å²) in [5.41, 5.74) is 2.10. The fourth-order valence-electron chi connectivity index (χ4n) is 4.33. The van der Waals surface area contributed by atoms with Gasteiger partial charge >= 0.3 is 6.09 Å². The van der Waals surface area contributed by atoms with Crippen LogP contribution in [0.5, 0.6) is 0 Å². The number of fused-ring (bicyclic) bond motifs is 2. The van der Waals surface area contributed by atoms with Crippen LogP contribution < -0.4 is 5.56 Å². The number of carbonyl (C=O) groups excluding carboxylic acids is 1. The van der Waals surface area contributed by atoms with Crippen molar-refractivity contribution in [3.05, 3.63) is 44.8 Å². The number of rotatable bonds is 2. The molecule has 4 aromatic rings. The Labute approximate surface area is 205 Å². The first-order valence-electron chi connectivity index (χ1n) is 11.5. The number of piperidine rings is 1. The molecule has 0 saturated carbocycles. The summed E-state index contributed by atoms with van der Waals surface area (Å²) in [6.45, 7) is 9.51. The van der Waals surface area contributed by atoms with Crippen molar-refractivity contribution in [1.29, 1.82) is 0 Å². The van der Waals surface area contributed by atoms with Gasteiger partial charge in [-0.3, -0.25) is 4.79 Å². The number of likely N-dealkylation sites (tertiary alicyclic amines) is 1. The Morgan fingerprint density at radius 2 is 2.03 bits per heavy atom. The number of amides is 1. The molecule has 11 heteroatoms. The summed E-state index contributed by atoms with van der Waals surface area (Å²) < 4.78 is 22.2. The number of nitrogens with one attached hydrogen (secondary N) is 1. The minimum atomic E-state index is -1.26. The summed E-state index contributed by atoms with van der Waals surface area (Å²) in [4.78, 5) is 39.8. The standard InChI is InChI=1S/C24H27FN6O3S/c1-12-8-17(29-31-10-13(2)26-20(12)31)19-27-21(32)15-9-18(35-22(15)28-19)14-6-7-30(11-16(14)25)23(33)34-24(3,4)5/h8-10,14,16H,6-7,11H2,1-5H3,(H,27,28,32). The topological polar surface area (TPSA) is 105 Å². The monoisotopic (exact) mass is 498 g/mol. The fraction of sp³-hybridized carbons (Fsp3) is 0.458. The van der Waals surface area contributed by atoms with Crippen LogP contribution >= 0.6 is 11.3 Å². The maximum atomic E-state index is 15.2. The van der Waals surface area contributed by atoms with Gasteiger partial charge in [0, 0.05) is 17.3 Å². The van der Waals surface area contributed by atoms with E-state index in [0.29, 0.717) is 34.7 Å². The molecule has 5 rings (SSSR count). The molecule has 0 radical (unpaired) electrons. The van der Waals surface area contributed by atoms with Crippen LogP contribution in [0.25, 0.3) is 27.4 Å². The van der Waals surface area contributed by atoms with Crippen LogP contribution in [0.4, 0.5) is 9.18 Å². The molecule has 1 aliphatic rings. The molecule has 0 aliphatic carbocycles. The Morgan fingerprint density at radius 3 is 2.74 bits per heavy atom. The van der Waals surface area contributed by atoms with E-state index in [4.69, 9.17) is 4.74 Å². The normalized spacial score (nSPS) is 19.0. The zero-order chi connectivity index (χ0) is 25.1. The highest BCUT2D eigenvalue weighted by Crippen LogP contribution is 2.37. The van der Waals surface area contributed by atoms with Crippen molar-refractivity contribution in [1.82, 2.24) is 29.5 Å². The number of hydrogen-bond donors (Lipinski definition) is 1. The molecule has 35 heavy (non-hydrogen) atoms. The number of thiophene rings is 1. The second-order valence-electron chi connectivity index (χ2n) is 9.98. The van der Waals surface area contributed by atoms with E-state index in [1.807, 2.05) is 26.1 Å². The Hall–Kier alpha value is -3.34. The van der Waals surface area contributed by atoms with E-state index >= 15 is 4.39 Å². The lowest BCUT2D eigenvalue weighted by Crippen LogP contribution is -2.46. The van der Waals surface area contributed by atoms with Crippen LogP contribution in [-0.2, 0) is 4.74 Å². The number of imidazole rings is 1. The van der Waals surface area contributed by atoms with Gasteiger partial charge in [0.25, 0.3) is 5.56 Å². The van der Waals surface area contributed by atoms with Gasteiger partial charge in [-0.1, -0.05) is 0 Å². The number of aromatic nitrogens is 5.